The van der Waals surface area contributed by atoms with Crippen LogP contribution in [0.15, 0.2) is 104 Å². The van der Waals surface area contributed by atoms with Crippen molar-refractivity contribution in [1.82, 2.24) is 0 Å². The van der Waals surface area contributed by atoms with E-state index in [1.807, 2.05) is 6.20 Å². The number of hydrogen-bond acceptors (Lipinski definition) is 1. The highest BCUT2D eigenvalue weighted by Crippen LogP contribution is 2.42. The van der Waals surface area contributed by atoms with Crippen molar-refractivity contribution in [2.45, 2.75) is 105 Å². The quantitative estimate of drug-likeness (QED) is 0.161. The maximum absolute atomic E-state index is 4.23. The number of hydrogen-bond donors (Lipinski definition) is 0. The van der Waals surface area contributed by atoms with Crippen LogP contribution in [0.5, 0.6) is 0 Å². The first-order valence-electron chi connectivity index (χ1n) is 17.2. The average Bonchev–Trinajstić information content (AvgIpc) is 3.01. The molecule has 0 amide bonds. The Hall–Kier alpha value is -3.84. The molecule has 1 nitrogen and oxygen atoms in total. The zero-order chi connectivity index (χ0) is 33.8. The highest BCUT2D eigenvalue weighted by atomic mass is 15.1. The molecule has 0 atom stereocenters. The summed E-state index contributed by atoms with van der Waals surface area (Å²) in [6.07, 6.45) is 7.38. The van der Waals surface area contributed by atoms with Crippen molar-refractivity contribution in [2.24, 2.45) is 0 Å². The topological polar surface area (TPSA) is 3.24 Å². The first-order chi connectivity index (χ1) is 21.6. The molecule has 0 bridgehead atoms. The first kappa shape index (κ1) is 35.0. The Morgan fingerprint density at radius 1 is 0.587 bits per heavy atom. The van der Waals surface area contributed by atoms with Gasteiger partial charge in [-0.3, -0.25) is 0 Å². The Morgan fingerprint density at radius 3 is 1.28 bits per heavy atom. The lowest BCUT2D eigenvalue weighted by Gasteiger charge is -2.30. The molecule has 0 N–H and O–H groups in total. The third kappa shape index (κ3) is 8.11. The number of rotatable bonds is 10. The summed E-state index contributed by atoms with van der Waals surface area (Å²) in [5.74, 6) is 0.739. The van der Waals surface area contributed by atoms with Crippen LogP contribution in [-0.4, -0.2) is 6.54 Å². The molecule has 0 fully saturated rings. The minimum absolute atomic E-state index is 0.120. The molecule has 4 aromatic carbocycles. The third-order valence-corrected chi connectivity index (χ3v) is 9.13. The summed E-state index contributed by atoms with van der Waals surface area (Å²) in [5.41, 5.74) is 14.5. The van der Waals surface area contributed by atoms with Crippen LogP contribution in [0.25, 0.3) is 33.4 Å². The maximum Gasteiger partial charge on any atom is 0.0476 e. The molecule has 4 aromatic rings. The summed E-state index contributed by atoms with van der Waals surface area (Å²) in [6, 6.07) is 30.4. The van der Waals surface area contributed by atoms with Crippen LogP contribution in [0.3, 0.4) is 0 Å². The highest BCUT2D eigenvalue weighted by Gasteiger charge is 2.21. The molecular formula is C45H57N. The van der Waals surface area contributed by atoms with Gasteiger partial charge in [0.15, 0.2) is 0 Å². The number of benzene rings is 4. The van der Waals surface area contributed by atoms with Crippen molar-refractivity contribution < 1.29 is 0 Å². The second kappa shape index (κ2) is 14.3. The zero-order valence-electron chi connectivity index (χ0n) is 30.5. The fraction of sp³-hybridized carbons (Fsp3) is 0.378. The molecule has 0 radical (unpaired) electrons. The zero-order valence-corrected chi connectivity index (χ0v) is 30.5. The van der Waals surface area contributed by atoms with Crippen molar-refractivity contribution in [1.29, 1.82) is 0 Å². The minimum atomic E-state index is 0.120. The van der Waals surface area contributed by atoms with E-state index in [1.165, 1.54) is 61.3 Å². The highest BCUT2D eigenvalue weighted by molar-refractivity contribution is 5.83. The van der Waals surface area contributed by atoms with Crippen LogP contribution in [0, 0.1) is 0 Å². The van der Waals surface area contributed by atoms with Crippen molar-refractivity contribution in [3.8, 4) is 33.4 Å². The lowest BCUT2D eigenvalue weighted by Crippen LogP contribution is -2.21. The molecule has 0 aliphatic heterocycles. The number of anilines is 1. The summed E-state index contributed by atoms with van der Waals surface area (Å²) in [4.78, 5) is 2.36. The summed E-state index contributed by atoms with van der Waals surface area (Å²) < 4.78 is 0. The lowest BCUT2D eigenvalue weighted by atomic mass is 9.84. The Kier molecular flexibility index (Phi) is 10.9. The molecule has 0 aromatic heterocycles. The number of allylic oxidation sites excluding steroid dienone is 1. The van der Waals surface area contributed by atoms with Gasteiger partial charge in [-0.1, -0.05) is 136 Å². The van der Waals surface area contributed by atoms with E-state index in [0.29, 0.717) is 11.8 Å². The van der Waals surface area contributed by atoms with Gasteiger partial charge in [0.05, 0.1) is 0 Å². The van der Waals surface area contributed by atoms with Crippen molar-refractivity contribution in [3.05, 3.63) is 126 Å². The van der Waals surface area contributed by atoms with E-state index in [0.717, 1.165) is 13.0 Å². The third-order valence-electron chi connectivity index (χ3n) is 9.13. The lowest BCUT2D eigenvalue weighted by molar-refractivity contribution is 0.590. The Morgan fingerprint density at radius 2 is 0.957 bits per heavy atom. The van der Waals surface area contributed by atoms with Gasteiger partial charge in [-0.15, -0.1) is 0 Å². The Labute approximate surface area is 281 Å². The summed E-state index contributed by atoms with van der Waals surface area (Å²) in [5, 5.41) is 0. The average molecular weight is 612 g/mol. The fourth-order valence-corrected chi connectivity index (χ4v) is 6.19. The van der Waals surface area contributed by atoms with E-state index in [1.54, 1.807) is 0 Å². The maximum atomic E-state index is 4.23. The van der Waals surface area contributed by atoms with Crippen LogP contribution < -0.4 is 4.90 Å². The van der Waals surface area contributed by atoms with E-state index >= 15 is 0 Å². The molecular weight excluding hydrogens is 555 g/mol. The van der Waals surface area contributed by atoms with Gasteiger partial charge in [-0.05, 0) is 128 Å². The molecule has 0 saturated carbocycles. The van der Waals surface area contributed by atoms with Gasteiger partial charge < -0.3 is 4.90 Å². The van der Waals surface area contributed by atoms with E-state index < -0.39 is 0 Å². The Balaban J connectivity index is 1.95. The summed E-state index contributed by atoms with van der Waals surface area (Å²) in [6.45, 7) is 30.2. The molecule has 46 heavy (non-hydrogen) atoms. The van der Waals surface area contributed by atoms with Crippen LogP contribution in [-0.2, 0) is 10.8 Å². The van der Waals surface area contributed by atoms with Gasteiger partial charge in [0.2, 0.25) is 0 Å². The molecule has 4 rings (SSSR count). The van der Waals surface area contributed by atoms with Crippen LogP contribution >= 0.6 is 0 Å². The van der Waals surface area contributed by atoms with E-state index in [-0.39, 0.29) is 10.8 Å². The predicted octanol–water partition coefficient (Wildman–Crippen LogP) is 13.4. The monoisotopic (exact) mass is 611 g/mol. The number of nitrogens with zero attached hydrogens (tertiary/aromatic N) is 1. The van der Waals surface area contributed by atoms with E-state index in [4.69, 9.17) is 0 Å². The Bertz CT molecular complexity index is 1540. The van der Waals surface area contributed by atoms with Gasteiger partial charge in [0.25, 0.3) is 0 Å². The molecule has 242 valence electrons. The molecule has 0 unspecified atom stereocenters. The van der Waals surface area contributed by atoms with Crippen LogP contribution in [0.1, 0.15) is 117 Å². The van der Waals surface area contributed by atoms with Crippen LogP contribution in [0.2, 0.25) is 0 Å². The van der Waals surface area contributed by atoms with Gasteiger partial charge in [0, 0.05) is 12.2 Å². The second-order valence-corrected chi connectivity index (χ2v) is 15.5. The first-order valence-corrected chi connectivity index (χ1v) is 17.2. The fourth-order valence-electron chi connectivity index (χ4n) is 6.19. The molecule has 0 saturated heterocycles. The summed E-state index contributed by atoms with van der Waals surface area (Å²) >= 11 is 0. The van der Waals surface area contributed by atoms with Gasteiger partial charge >= 0.3 is 0 Å². The van der Waals surface area contributed by atoms with Crippen molar-refractivity contribution in [2.75, 3.05) is 11.4 Å². The van der Waals surface area contributed by atoms with Crippen LogP contribution in [0.4, 0.5) is 5.69 Å². The minimum Gasteiger partial charge on any atom is -0.348 e. The largest absolute Gasteiger partial charge is 0.348 e. The van der Waals surface area contributed by atoms with Gasteiger partial charge in [-0.25, -0.2) is 0 Å². The SMILES string of the molecule is C=CN(CC/C=C\C)c1c(C(C)C)cc(-c2cc(-c3ccc(C(C)(C)C)cc3)cc(-c3ccc(C(C)(C)C)cc3)c2)cc1C(C)C. The van der Waals surface area contributed by atoms with Crippen molar-refractivity contribution in [3.63, 3.8) is 0 Å². The summed E-state index contributed by atoms with van der Waals surface area (Å²) in [7, 11) is 0. The molecule has 0 heterocycles. The standard InChI is InChI=1S/C45H57N/c1-13-15-16-25-46(14-2)43-41(31(3)4)29-38(30-42(43)32(5)6)37-27-35(33-17-21-39(22-18-33)44(7,8)9)26-36(28-37)34-19-23-40(24-20-34)45(10,11)12/h13-15,17-24,26-32H,2,16,25H2,1,3-12H3/b15-13-. The molecule has 0 aliphatic carbocycles. The van der Waals surface area contributed by atoms with E-state index in [9.17, 15) is 0 Å². The molecule has 1 heteroatoms. The smallest absolute Gasteiger partial charge is 0.0476 e. The second-order valence-electron chi connectivity index (χ2n) is 15.5. The normalized spacial score (nSPS) is 12.4. The van der Waals surface area contributed by atoms with Gasteiger partial charge in [0.1, 0.15) is 0 Å². The van der Waals surface area contributed by atoms with Gasteiger partial charge in [-0.2, -0.15) is 0 Å². The molecule has 0 aliphatic rings. The predicted molar refractivity (Wildman–Crippen MR) is 205 cm³/mol. The molecule has 0 spiro atoms. The van der Waals surface area contributed by atoms with Crippen molar-refractivity contribution >= 4 is 5.69 Å². The van der Waals surface area contributed by atoms with E-state index in [2.05, 4.69) is 179 Å².